The lowest BCUT2D eigenvalue weighted by molar-refractivity contribution is 0.205. The van der Waals surface area contributed by atoms with Crippen LogP contribution in [0.25, 0.3) is 0 Å². The fourth-order valence-corrected chi connectivity index (χ4v) is 2.96. The monoisotopic (exact) mass is 328 g/mol. The molecule has 0 aromatic rings. The van der Waals surface area contributed by atoms with E-state index >= 15 is 0 Å². The summed E-state index contributed by atoms with van der Waals surface area (Å²) in [5.74, 6) is 0.430. The van der Waals surface area contributed by atoms with Crippen molar-refractivity contribution < 1.29 is 5.11 Å². The Balaban J connectivity index is 3.25. The van der Waals surface area contributed by atoms with Crippen LogP contribution in [0.4, 0.5) is 0 Å². The molecule has 0 aliphatic rings. The summed E-state index contributed by atoms with van der Waals surface area (Å²) in [6.45, 7) is 5.20. The van der Waals surface area contributed by atoms with E-state index in [1.54, 1.807) is 0 Å². The highest BCUT2D eigenvalue weighted by Crippen LogP contribution is 2.15. The third-order valence-electron chi connectivity index (χ3n) is 4.54. The first kappa shape index (κ1) is 22.5. The molecule has 0 aliphatic carbocycles. The normalized spacial score (nSPS) is 12.4. The maximum atomic E-state index is 9.99. The number of nitrogens with zero attached hydrogens (tertiary/aromatic N) is 1. The lowest BCUT2D eigenvalue weighted by Gasteiger charge is -2.14. The Morgan fingerprint density at radius 3 is 2.13 bits per heavy atom. The van der Waals surface area contributed by atoms with Crippen LogP contribution >= 0.6 is 0 Å². The van der Waals surface area contributed by atoms with Crippen molar-refractivity contribution in [3.05, 3.63) is 4.91 Å². The van der Waals surface area contributed by atoms with Crippen LogP contribution in [0, 0.1) is 10.8 Å². The Kier molecular flexibility index (Phi) is 19.2. The highest BCUT2D eigenvalue weighted by molar-refractivity contribution is 4.60. The summed E-state index contributed by atoms with van der Waals surface area (Å²) in [5.41, 5.74) is 0. The first-order chi connectivity index (χ1) is 11.3. The van der Waals surface area contributed by atoms with Crippen molar-refractivity contribution >= 4 is 0 Å². The Hall–Kier alpha value is -0.480. The number of nitrogens with one attached hydrogen (secondary N) is 1. The Morgan fingerprint density at radius 1 is 0.826 bits per heavy atom. The lowest BCUT2D eigenvalue weighted by atomic mass is 9.97. The molecule has 0 radical (unpaired) electrons. The summed E-state index contributed by atoms with van der Waals surface area (Å²) in [6.07, 6.45) is 15.9. The van der Waals surface area contributed by atoms with E-state index in [1.165, 1.54) is 44.9 Å². The van der Waals surface area contributed by atoms with Gasteiger partial charge in [0.1, 0.15) is 0 Å². The second-order valence-electron chi connectivity index (χ2n) is 6.76. The van der Waals surface area contributed by atoms with E-state index in [0.29, 0.717) is 19.1 Å². The molecule has 0 bridgehead atoms. The molecule has 0 spiro atoms. The van der Waals surface area contributed by atoms with Gasteiger partial charge in [-0.15, -0.1) is 0 Å². The number of hydrogen-bond acceptors (Lipinski definition) is 4. The van der Waals surface area contributed by atoms with E-state index in [0.717, 1.165) is 51.6 Å². The van der Waals surface area contributed by atoms with Crippen molar-refractivity contribution in [2.75, 3.05) is 26.2 Å². The first-order valence-corrected chi connectivity index (χ1v) is 9.95. The molecule has 1 atom stereocenters. The summed E-state index contributed by atoms with van der Waals surface area (Å²) in [7, 11) is 0. The predicted molar refractivity (Wildman–Crippen MR) is 99.8 cm³/mol. The van der Waals surface area contributed by atoms with E-state index in [2.05, 4.69) is 17.4 Å². The smallest absolute Gasteiger partial charge is 0.0811 e. The quantitative estimate of drug-likeness (QED) is 0.258. The summed E-state index contributed by atoms with van der Waals surface area (Å²) in [4.78, 5) is 9.99. The largest absolute Gasteiger partial charge is 0.396 e. The topological polar surface area (TPSA) is 61.7 Å². The van der Waals surface area contributed by atoms with Gasteiger partial charge in [-0.25, -0.2) is 0 Å². The van der Waals surface area contributed by atoms with Crippen LogP contribution < -0.4 is 5.32 Å². The molecule has 4 nitrogen and oxygen atoms in total. The minimum absolute atomic E-state index is 0.295. The lowest BCUT2D eigenvalue weighted by Crippen LogP contribution is -2.18. The van der Waals surface area contributed by atoms with E-state index < -0.39 is 0 Å². The van der Waals surface area contributed by atoms with Gasteiger partial charge in [-0.2, -0.15) is 4.91 Å². The predicted octanol–water partition coefficient (Wildman–Crippen LogP) is 5.04. The third-order valence-corrected chi connectivity index (χ3v) is 4.54. The highest BCUT2D eigenvalue weighted by Gasteiger charge is 2.06. The summed E-state index contributed by atoms with van der Waals surface area (Å²) in [5, 5.41) is 15.8. The zero-order valence-corrected chi connectivity index (χ0v) is 15.4. The molecular formula is C19H40N2O2. The Labute approximate surface area is 143 Å². The molecule has 23 heavy (non-hydrogen) atoms. The van der Waals surface area contributed by atoms with Crippen LogP contribution in [0.3, 0.4) is 0 Å². The van der Waals surface area contributed by atoms with Crippen LogP contribution in [-0.4, -0.2) is 31.3 Å². The van der Waals surface area contributed by atoms with Crippen LogP contribution in [-0.2, 0) is 0 Å². The average molecular weight is 329 g/mol. The van der Waals surface area contributed by atoms with Gasteiger partial charge >= 0.3 is 0 Å². The van der Waals surface area contributed by atoms with Gasteiger partial charge in [0.25, 0.3) is 0 Å². The summed E-state index contributed by atoms with van der Waals surface area (Å²) >= 11 is 0. The second kappa shape index (κ2) is 19.6. The van der Waals surface area contributed by atoms with Crippen molar-refractivity contribution in [1.82, 2.24) is 5.32 Å². The third kappa shape index (κ3) is 17.7. The molecule has 4 heteroatoms. The van der Waals surface area contributed by atoms with Gasteiger partial charge < -0.3 is 10.4 Å². The SMILES string of the molecule is CCCCCCCCCNCCCC(CO)CCCCCN=O. The van der Waals surface area contributed by atoms with Gasteiger partial charge in [-0.05, 0) is 51.1 Å². The van der Waals surface area contributed by atoms with Gasteiger partial charge in [-0.3, -0.25) is 0 Å². The standard InChI is InChI=1S/C19H40N2O2/c1-2-3-4-5-6-7-10-15-20-16-12-14-19(18-22)13-9-8-11-17-21-23/h19-20,22H,2-18H2,1H3. The molecule has 0 saturated carbocycles. The fourth-order valence-electron chi connectivity index (χ4n) is 2.96. The molecular weight excluding hydrogens is 288 g/mol. The van der Waals surface area contributed by atoms with E-state index in [9.17, 15) is 10.0 Å². The van der Waals surface area contributed by atoms with Crippen LogP contribution in [0.15, 0.2) is 5.18 Å². The van der Waals surface area contributed by atoms with Gasteiger partial charge in [0.15, 0.2) is 0 Å². The molecule has 0 fully saturated rings. The molecule has 0 rings (SSSR count). The van der Waals surface area contributed by atoms with Crippen molar-refractivity contribution in [2.24, 2.45) is 11.1 Å². The molecule has 1 unspecified atom stereocenters. The second-order valence-corrected chi connectivity index (χ2v) is 6.76. The maximum absolute atomic E-state index is 9.99. The first-order valence-electron chi connectivity index (χ1n) is 9.95. The summed E-state index contributed by atoms with van der Waals surface area (Å²) < 4.78 is 0. The minimum atomic E-state index is 0.295. The Bertz CT molecular complexity index is 237. The van der Waals surface area contributed by atoms with Gasteiger partial charge in [-0.1, -0.05) is 63.5 Å². The Morgan fingerprint density at radius 2 is 1.43 bits per heavy atom. The average Bonchev–Trinajstić information content (AvgIpc) is 2.57. The number of nitroso groups, excluding NO2 is 1. The highest BCUT2D eigenvalue weighted by atomic mass is 16.3. The maximum Gasteiger partial charge on any atom is 0.0811 e. The number of unbranched alkanes of at least 4 members (excludes halogenated alkanes) is 8. The van der Waals surface area contributed by atoms with E-state index in [-0.39, 0.29) is 0 Å². The van der Waals surface area contributed by atoms with Crippen molar-refractivity contribution in [2.45, 2.75) is 90.4 Å². The van der Waals surface area contributed by atoms with Crippen LogP contribution in [0.5, 0.6) is 0 Å². The molecule has 0 amide bonds. The zero-order valence-electron chi connectivity index (χ0n) is 15.4. The minimum Gasteiger partial charge on any atom is -0.396 e. The van der Waals surface area contributed by atoms with Gasteiger partial charge in [0.2, 0.25) is 0 Å². The van der Waals surface area contributed by atoms with Gasteiger partial charge in [0.05, 0.1) is 6.54 Å². The molecule has 2 N–H and O–H groups in total. The molecule has 0 heterocycles. The molecule has 0 aliphatic heterocycles. The van der Waals surface area contributed by atoms with E-state index in [1.807, 2.05) is 0 Å². The number of rotatable bonds is 19. The number of aliphatic hydroxyl groups is 1. The van der Waals surface area contributed by atoms with Crippen molar-refractivity contribution in [1.29, 1.82) is 0 Å². The molecule has 0 aromatic carbocycles. The molecule has 0 aromatic heterocycles. The van der Waals surface area contributed by atoms with Gasteiger partial charge in [0, 0.05) is 6.61 Å². The van der Waals surface area contributed by atoms with Crippen LogP contribution in [0.2, 0.25) is 0 Å². The van der Waals surface area contributed by atoms with E-state index in [4.69, 9.17) is 0 Å². The van der Waals surface area contributed by atoms with Crippen molar-refractivity contribution in [3.63, 3.8) is 0 Å². The van der Waals surface area contributed by atoms with Crippen LogP contribution in [0.1, 0.15) is 90.4 Å². The molecule has 0 saturated heterocycles. The van der Waals surface area contributed by atoms with Crippen molar-refractivity contribution in [3.8, 4) is 0 Å². The fraction of sp³-hybridized carbons (Fsp3) is 1.00. The number of aliphatic hydroxyl groups excluding tert-OH is 1. The molecule has 138 valence electrons. The zero-order chi connectivity index (χ0) is 17.0. The summed E-state index contributed by atoms with van der Waals surface area (Å²) in [6, 6.07) is 0. The number of hydrogen-bond donors (Lipinski definition) is 2.